The average molecular weight is 2170 g/mol. The minimum absolute atomic E-state index is 0. The maximum atomic E-state index is 14.3. The largest absolute Gasteiger partial charge is 2.00 e. The number of carbonyl (C=O) groups is 12. The number of allylic oxidation sites excluding steroid dienone is 6. The number of nitrogens with zero attached hydrogens (tertiary/aromatic N) is 7. The molecule has 8 bridgehead atoms. The summed E-state index contributed by atoms with van der Waals surface area (Å²) in [5.74, 6) is -22.1. The molecule has 795 valence electrons. The molecule has 7 aliphatic rings. The van der Waals surface area contributed by atoms with E-state index in [9.17, 15) is 124 Å². The maximum Gasteiger partial charge on any atom is 2.00 e. The van der Waals surface area contributed by atoms with Gasteiger partial charge in [0.1, 0.15) is 42.7 Å². The number of carboxylic acids is 2. The number of aliphatic imine (C=N–C) groups is 4. The van der Waals surface area contributed by atoms with Crippen LogP contribution in [0.5, 0.6) is 51.7 Å². The number of aryl methyl sites for hydroxylation is 2. The molecule has 2 fully saturated rings. The molecule has 5 aromatic rings. The van der Waals surface area contributed by atoms with Crippen molar-refractivity contribution in [2.75, 3.05) is 19.8 Å². The van der Waals surface area contributed by atoms with Crippen LogP contribution in [0.3, 0.4) is 0 Å². The van der Waals surface area contributed by atoms with E-state index in [-0.39, 0.29) is 119 Å². The number of nitrogens with one attached hydrogen (secondary N) is 1. The topological polar surface area (TPSA) is 878 Å². The Bertz CT molecular complexity index is 6150. The number of primary amides is 6. The number of phenolic OH excluding ortho intramolecular Hbond substituents is 9. The molecule has 7 amide bonds. The molecule has 0 aliphatic carbocycles. The van der Waals surface area contributed by atoms with Crippen molar-refractivity contribution in [3.05, 3.63) is 124 Å². The first kappa shape index (κ1) is 122. The zero-order valence-corrected chi connectivity index (χ0v) is 86.9. The number of aliphatic carboxylic acids is 2. The van der Waals surface area contributed by atoms with Gasteiger partial charge in [-0.3, -0.25) is 58.1 Å². The molecule has 8 heterocycles. The number of phosphoric ester groups is 1. The van der Waals surface area contributed by atoms with Crippen molar-refractivity contribution in [3.8, 4) is 51.7 Å². The summed E-state index contributed by atoms with van der Waals surface area (Å²) >= 11 is 0. The number of hydrogen-bond acceptors (Lipinski definition) is 42. The summed E-state index contributed by atoms with van der Waals surface area (Å²) < 4.78 is 52.4. The van der Waals surface area contributed by atoms with E-state index in [1.165, 1.54) is 17.8 Å². The molecular formula is C94H117CoN14O36PZn. The number of esters is 3. The molecule has 1 aromatic heterocycles. The van der Waals surface area contributed by atoms with Crippen LogP contribution in [-0.4, -0.2) is 250 Å². The predicted molar refractivity (Wildman–Crippen MR) is 498 cm³/mol. The SMILES string of the molecule is C/C1=C2N=C(/C=C3N=C(/C(C)=C4\N=C(C(CC(N)=O)C4(C)CCC(=O)NCC(C)OP(=O)([O-])OC4C(CO)OC(n5cnc6cc(C)c(C)cc65)C4O)C4(C)N=C1C(CCC(N)=O)C4(C)CC(N)=O)C(CCC(N)=O)C\3(C)C)C(CCC(N)=O)C/2(C)CC(N)=O.CC(=O)[O-].CC(=O)[O-].O=C(OCC1OC(OC(=O)c2cc(O)c(O)c(O)c2)C(O)C(OC(=O)c2cc(O)c(O)c(O)c2)C1O)c1cc(O)c(O)c(O)c1.[C-]#N.[Co+2].[Zn+2]. The number of benzene rings is 4. The van der Waals surface area contributed by atoms with Gasteiger partial charge in [-0.05, 0) is 158 Å². The molecule has 53 heteroatoms. The van der Waals surface area contributed by atoms with Crippen LogP contribution in [0.25, 0.3) is 11.0 Å². The minimum atomic E-state index is -5.32. The number of amides is 7. The van der Waals surface area contributed by atoms with Crippen LogP contribution in [0.4, 0.5) is 0 Å². The summed E-state index contributed by atoms with van der Waals surface area (Å²) in [4.78, 5) is 189. The van der Waals surface area contributed by atoms with Gasteiger partial charge in [0.15, 0.2) is 70.2 Å². The number of nitrogens with two attached hydrogens (primary N) is 6. The molecule has 0 spiro atoms. The van der Waals surface area contributed by atoms with E-state index >= 15 is 0 Å². The van der Waals surface area contributed by atoms with Crippen LogP contribution < -0.4 is 54.8 Å². The fourth-order valence-corrected chi connectivity index (χ4v) is 20.2. The number of aromatic nitrogens is 2. The van der Waals surface area contributed by atoms with Gasteiger partial charge in [0.05, 0.1) is 63.9 Å². The van der Waals surface area contributed by atoms with Crippen molar-refractivity contribution in [1.82, 2.24) is 14.9 Å². The molecule has 2 saturated heterocycles. The number of ether oxygens (including phenoxy) is 5. The van der Waals surface area contributed by atoms with Crippen LogP contribution in [0.15, 0.2) is 109 Å². The second kappa shape index (κ2) is 49.4. The van der Waals surface area contributed by atoms with Crippen LogP contribution >= 0.6 is 7.82 Å². The van der Waals surface area contributed by atoms with E-state index in [1.807, 2.05) is 59.8 Å². The number of imidazole rings is 1. The zero-order valence-electron chi connectivity index (χ0n) is 82.0. The number of phenols is 9. The summed E-state index contributed by atoms with van der Waals surface area (Å²) in [5, 5.41) is 157. The molecule has 50 nitrogen and oxygen atoms in total. The van der Waals surface area contributed by atoms with Crippen LogP contribution in [0, 0.1) is 71.0 Å². The standard InChI is InChI=1S/C62H88N13O14P.C27H24O18.2C2H4O2.CN.Co.Zn/c1-29-20-39-40(21-30(29)2)75(28-70-39)57-52(84)53(41(27-76)87-57)89-90(85,86)88-31(3)26-69-49(83)18-19-59(8)37(22-46(66)80)56-62(11)61(10,25-48(68)82)36(14-17-45(65)79)51(74-62)33(5)55-60(9,24-47(67)81)34(12-15-43(63)77)38(71-55)23-42-58(6,7)35(13-16-44(64)78)50(72-42)32(4)54(59)73-56;28-11-1-8(2-12(29)18(11)34)24(39)42-7-17-21(37)23(44-25(40)9-3-13(30)19(35)14(31)4-9)22(38)27(43-17)45-26(41)10-5-15(32)20(36)16(33)6-10;2*1-2(3)4;1-2;;/h20-21,23,28,31,34-37,41,52-53,57,76,84H,12-19,22,24-27H2,1-11H3,(H2,63,77)(H2,64,78)(H2,65,79)(H2,66,80)(H2,67,81)(H2,68,82)(H,69,83)(H,85,86);1-6,17,21-23,27-38H,7H2;2*1H3,(H,3,4);;;/q;;;;-1;2*+2/p-3/b42-23-,54-32-,55-33-;;;;;;. The minimum Gasteiger partial charge on any atom is -0.756 e. The van der Waals surface area contributed by atoms with E-state index in [2.05, 4.69) is 10.3 Å². The number of hydrogen-bond donors (Lipinski definition) is 20. The number of fused-ring (bicyclic) bond motifs is 6. The van der Waals surface area contributed by atoms with Crippen molar-refractivity contribution in [2.45, 2.75) is 228 Å². The van der Waals surface area contributed by atoms with Gasteiger partial charge >= 0.3 is 54.2 Å². The van der Waals surface area contributed by atoms with Crippen molar-refractivity contribution in [1.29, 1.82) is 5.26 Å². The van der Waals surface area contributed by atoms with Crippen molar-refractivity contribution >= 4 is 113 Å². The van der Waals surface area contributed by atoms with Crippen LogP contribution in [0.2, 0.25) is 0 Å². The first-order valence-electron chi connectivity index (χ1n) is 44.9. The van der Waals surface area contributed by atoms with Crippen LogP contribution in [-0.2, 0) is 117 Å². The van der Waals surface area contributed by atoms with Gasteiger partial charge in [-0.25, -0.2) is 19.4 Å². The number of rotatable bonds is 33. The number of aliphatic hydroxyl groups excluding tert-OH is 4. The number of phosphoric acid groups is 1. The van der Waals surface area contributed by atoms with Gasteiger partial charge < -0.3 is 180 Å². The molecule has 12 rings (SSSR count). The van der Waals surface area contributed by atoms with E-state index in [0.29, 0.717) is 80.7 Å². The smallest absolute Gasteiger partial charge is 0.756 e. The zero-order chi connectivity index (χ0) is 109. The Hall–Kier alpha value is -13.4. The van der Waals surface area contributed by atoms with E-state index in [1.54, 1.807) is 27.7 Å². The van der Waals surface area contributed by atoms with Gasteiger partial charge in [0.25, 0.3) is 7.82 Å². The maximum absolute atomic E-state index is 14.3. The summed E-state index contributed by atoms with van der Waals surface area (Å²) in [6.07, 6.45) is -15.1. The molecule has 1 radical (unpaired) electrons. The Morgan fingerprint density at radius 2 is 1.03 bits per heavy atom. The number of aromatic hydroxyl groups is 9. The van der Waals surface area contributed by atoms with Crippen molar-refractivity contribution in [2.24, 2.45) is 99.7 Å². The molecule has 19 unspecified atom stereocenters. The average Bonchev–Trinajstić information content (AvgIpc) is 1.52. The second-order valence-electron chi connectivity index (χ2n) is 37.3. The molecule has 0 saturated carbocycles. The van der Waals surface area contributed by atoms with E-state index < -0.39 is 273 Å². The third kappa shape index (κ3) is 27.5. The second-order valence-corrected chi connectivity index (χ2v) is 38.6. The summed E-state index contributed by atoms with van der Waals surface area (Å²) in [6, 6.07) is 7.91. The molecule has 19 atom stereocenters. The summed E-state index contributed by atoms with van der Waals surface area (Å²) in [5.41, 5.74) is 35.0. The van der Waals surface area contributed by atoms with E-state index in [0.717, 1.165) is 37.1 Å². The number of carbonyl (C=O) groups excluding carboxylic acids is 12. The summed E-state index contributed by atoms with van der Waals surface area (Å²) in [7, 11) is -5.32. The molecule has 7 aliphatic heterocycles. The Balaban J connectivity index is 0.000000482. The Morgan fingerprint density at radius 3 is 1.52 bits per heavy atom. The molecule has 147 heavy (non-hydrogen) atoms. The third-order valence-electron chi connectivity index (χ3n) is 26.6. The van der Waals surface area contributed by atoms with Gasteiger partial charge in [0, 0.05) is 132 Å². The molecular weight excluding hydrogens is 2060 g/mol. The number of aliphatic hydroxyl groups is 4. The Labute approximate surface area is 863 Å². The predicted octanol–water partition coefficient (Wildman–Crippen LogP) is 0.341. The van der Waals surface area contributed by atoms with Crippen molar-refractivity contribution in [3.63, 3.8) is 0 Å². The van der Waals surface area contributed by atoms with Gasteiger partial charge in [-0.15, -0.1) is 0 Å². The van der Waals surface area contributed by atoms with Gasteiger partial charge in [-0.2, -0.15) is 0 Å². The van der Waals surface area contributed by atoms with Crippen molar-refractivity contribution < 1.29 is 213 Å². The number of carboxylic acid groups (broad SMARTS) is 2. The van der Waals surface area contributed by atoms with Crippen LogP contribution in [0.1, 0.15) is 195 Å². The molecule has 26 N–H and O–H groups in total. The molecule has 4 aromatic carbocycles. The monoisotopic (exact) mass is 2170 g/mol. The fraction of sp³-hybridized carbons (Fsp3) is 0.489. The Morgan fingerprint density at radius 1 is 0.571 bits per heavy atom. The first-order chi connectivity index (χ1) is 67.4. The third-order valence-corrected chi connectivity index (χ3v) is 27.7. The first-order valence-corrected chi connectivity index (χ1v) is 46.3. The van der Waals surface area contributed by atoms with Gasteiger partial charge in [0.2, 0.25) is 47.6 Å². The Kier molecular flexibility index (Phi) is 41.1. The van der Waals surface area contributed by atoms with Gasteiger partial charge in [-0.1, -0.05) is 34.6 Å². The fourth-order valence-electron chi connectivity index (χ4n) is 19.1. The normalized spacial score (nSPS) is 27.3. The van der Waals surface area contributed by atoms with E-state index in [4.69, 9.17) is 119 Å². The quantitative estimate of drug-likeness (QED) is 0.00672. The summed E-state index contributed by atoms with van der Waals surface area (Å²) in [6.45, 7) is 24.6.